The van der Waals surface area contributed by atoms with Crippen molar-refractivity contribution in [1.82, 2.24) is 20.4 Å². The summed E-state index contributed by atoms with van der Waals surface area (Å²) in [6, 6.07) is 9.49. The van der Waals surface area contributed by atoms with Crippen LogP contribution in [0.25, 0.3) is 0 Å². The van der Waals surface area contributed by atoms with Crippen LogP contribution in [0.4, 0.5) is 22.0 Å². The Morgan fingerprint density at radius 1 is 0.904 bits per heavy atom. The summed E-state index contributed by atoms with van der Waals surface area (Å²) in [6.07, 6.45) is -6.35. The lowest BCUT2D eigenvalue weighted by Gasteiger charge is -2.37. The maximum atomic E-state index is 15.3. The van der Waals surface area contributed by atoms with Gasteiger partial charge in [-0.2, -0.15) is 22.0 Å². The molecule has 2 aromatic carbocycles. The largest absolute Gasteiger partial charge is 0.461 e. The molecule has 4 amide bonds. The fourth-order valence-corrected chi connectivity index (χ4v) is 5.89. The number of rotatable bonds is 10. The lowest BCUT2D eigenvalue weighted by Crippen LogP contribution is -2.58. The highest BCUT2D eigenvalue weighted by molar-refractivity contribution is 6.05. The zero-order chi connectivity index (χ0) is 38.5. The molecule has 0 aliphatic carbocycles. The summed E-state index contributed by atoms with van der Waals surface area (Å²) in [7, 11) is 0. The van der Waals surface area contributed by atoms with Crippen molar-refractivity contribution >= 4 is 29.6 Å². The van der Waals surface area contributed by atoms with Gasteiger partial charge in [0.1, 0.15) is 6.04 Å². The van der Waals surface area contributed by atoms with Crippen LogP contribution in [0.3, 0.4) is 0 Å². The van der Waals surface area contributed by atoms with Crippen LogP contribution in [0.2, 0.25) is 0 Å². The highest BCUT2D eigenvalue weighted by atomic mass is 19.4. The summed E-state index contributed by atoms with van der Waals surface area (Å²) in [5.41, 5.74) is 0.553. The van der Waals surface area contributed by atoms with Crippen LogP contribution >= 0.6 is 0 Å². The Labute approximate surface area is 297 Å². The highest BCUT2D eigenvalue weighted by Gasteiger charge is 2.64. The van der Waals surface area contributed by atoms with Crippen LogP contribution in [0.15, 0.2) is 60.0 Å². The number of hydrogen-bond acceptors (Lipinski definition) is 8. The van der Waals surface area contributed by atoms with E-state index >= 15 is 8.78 Å². The first-order valence-corrected chi connectivity index (χ1v) is 16.7. The molecule has 1 fully saturated rings. The highest BCUT2D eigenvalue weighted by Crippen LogP contribution is 2.45. The van der Waals surface area contributed by atoms with Crippen molar-refractivity contribution in [2.75, 3.05) is 26.3 Å². The molecule has 2 N–H and O–H groups in total. The Hall–Kier alpha value is -4.70. The van der Waals surface area contributed by atoms with Crippen molar-refractivity contribution in [1.29, 1.82) is 0 Å². The number of hydrogen-bond donors (Lipinski definition) is 2. The predicted molar refractivity (Wildman–Crippen MR) is 177 cm³/mol. The fraction of sp³-hybridized carbons (Fsp3) is 0.472. The molecule has 16 heteroatoms. The third-order valence-electron chi connectivity index (χ3n) is 8.64. The van der Waals surface area contributed by atoms with Gasteiger partial charge in [0.15, 0.2) is 0 Å². The van der Waals surface area contributed by atoms with Crippen LogP contribution in [-0.2, 0) is 36.8 Å². The molecular weight excluding hydrogens is 695 g/mol. The molecule has 2 aliphatic rings. The number of alkyl halides is 5. The number of amides is 4. The number of benzene rings is 2. The van der Waals surface area contributed by atoms with E-state index in [9.17, 15) is 37.1 Å². The molecule has 2 heterocycles. The van der Waals surface area contributed by atoms with E-state index in [1.54, 1.807) is 29.2 Å². The normalized spacial score (nSPS) is 17.5. The first-order valence-electron chi connectivity index (χ1n) is 16.7. The Morgan fingerprint density at radius 2 is 1.48 bits per heavy atom. The number of ether oxygens (including phenoxy) is 2. The molecule has 0 spiro atoms. The smallest absolute Gasteiger partial charge is 0.422 e. The molecule has 1 saturated heterocycles. The molecule has 2 aromatic rings. The minimum absolute atomic E-state index is 0.00996. The van der Waals surface area contributed by atoms with Crippen molar-refractivity contribution < 1.29 is 55.4 Å². The van der Waals surface area contributed by atoms with Gasteiger partial charge in [-0.3, -0.25) is 24.0 Å². The van der Waals surface area contributed by atoms with E-state index in [0.29, 0.717) is 38.8 Å². The van der Waals surface area contributed by atoms with Crippen LogP contribution in [-0.4, -0.2) is 89.9 Å². The number of fused-ring (bicyclic) bond motifs is 1. The Morgan fingerprint density at radius 3 is 2.02 bits per heavy atom. The molecule has 0 bridgehead atoms. The molecular formula is C36H41F5N4O7. The van der Waals surface area contributed by atoms with Gasteiger partial charge in [-0.1, -0.05) is 52.0 Å². The fourth-order valence-electron chi connectivity index (χ4n) is 5.89. The Bertz CT molecular complexity index is 1700. The summed E-state index contributed by atoms with van der Waals surface area (Å²) >= 11 is 0. The number of allylic oxidation sites excluding steroid dienone is 2. The molecule has 0 aromatic heterocycles. The summed E-state index contributed by atoms with van der Waals surface area (Å²) in [5.74, 6) is -15.5. The van der Waals surface area contributed by atoms with Crippen molar-refractivity contribution in [3.63, 3.8) is 0 Å². The number of morpholine rings is 1. The van der Waals surface area contributed by atoms with E-state index in [0.717, 1.165) is 19.4 Å². The second-order valence-corrected chi connectivity index (χ2v) is 13.1. The first kappa shape index (κ1) is 40.1. The average Bonchev–Trinajstić information content (AvgIpc) is 3.10. The van der Waals surface area contributed by atoms with E-state index in [1.165, 1.54) is 38.1 Å². The molecule has 0 saturated carbocycles. The van der Waals surface area contributed by atoms with Gasteiger partial charge in [0.05, 0.1) is 25.0 Å². The van der Waals surface area contributed by atoms with E-state index in [2.05, 4.69) is 15.4 Å². The molecule has 282 valence electrons. The van der Waals surface area contributed by atoms with Gasteiger partial charge >= 0.3 is 18.1 Å². The van der Waals surface area contributed by atoms with Gasteiger partial charge in [-0.15, -0.1) is 0 Å². The van der Waals surface area contributed by atoms with Gasteiger partial charge in [0, 0.05) is 37.7 Å². The lowest BCUT2D eigenvalue weighted by molar-refractivity contribution is -0.276. The minimum atomic E-state index is -6.29. The molecule has 2 aliphatic heterocycles. The van der Waals surface area contributed by atoms with Crippen LogP contribution in [0.5, 0.6) is 0 Å². The number of nitrogens with zero attached hydrogens (tertiary/aromatic N) is 2. The Kier molecular flexibility index (Phi) is 12.6. The minimum Gasteiger partial charge on any atom is -0.422 e. The molecule has 4 rings (SSSR count). The quantitative estimate of drug-likeness (QED) is 0.205. The molecule has 11 nitrogen and oxygen atoms in total. The van der Waals surface area contributed by atoms with E-state index < -0.39 is 71.2 Å². The number of halogens is 5. The molecule has 2 atom stereocenters. The monoisotopic (exact) mass is 736 g/mol. The maximum absolute atomic E-state index is 15.3. The van der Waals surface area contributed by atoms with E-state index in [4.69, 9.17) is 4.74 Å². The standard InChI is InChI=1S/C36H41F5N4O7/c1-20(2)28(43-31(47)23-10-12-24(13-11-23)32(48)44-14-16-51-17-15-44)34(50)45(33(49)27-18-25-8-6-7-9-26(25)19-42-27)29(21(3)4)30(52-22(5)46)35(37,38)36(39,40)41/h6-13,20-21,27-28,42H,14-19H2,1-5H3,(H,43,47)/b30-29+/t27?,28-/m0/s1. The number of carbonyl (C=O) groups is 5. The summed E-state index contributed by atoms with van der Waals surface area (Å²) < 4.78 is 82.1. The summed E-state index contributed by atoms with van der Waals surface area (Å²) in [5, 5.41) is 5.40. The summed E-state index contributed by atoms with van der Waals surface area (Å²) in [6.45, 7) is 7.51. The van der Waals surface area contributed by atoms with Crippen LogP contribution in [0.1, 0.15) is 66.5 Å². The average molecular weight is 737 g/mol. The lowest BCUT2D eigenvalue weighted by atomic mass is 9.93. The van der Waals surface area contributed by atoms with Gasteiger partial charge in [-0.05, 0) is 53.6 Å². The zero-order valence-electron chi connectivity index (χ0n) is 29.3. The number of imide groups is 1. The van der Waals surface area contributed by atoms with E-state index in [1.807, 2.05) is 0 Å². The summed E-state index contributed by atoms with van der Waals surface area (Å²) in [4.78, 5) is 69.0. The van der Waals surface area contributed by atoms with Crippen molar-refractivity contribution in [3.05, 3.63) is 82.2 Å². The third-order valence-corrected chi connectivity index (χ3v) is 8.64. The SMILES string of the molecule is CC(=O)O/C(=C(\C(C)C)N(C(=O)C1Cc2ccccc2CN1)C(=O)[C@@H](NC(=O)c1ccc(C(=O)N2CCOCC2)cc1)C(C)C)C(F)(F)C(F)(F)F. The second-order valence-electron chi connectivity index (χ2n) is 13.1. The second kappa shape index (κ2) is 16.3. The van der Waals surface area contributed by atoms with Crippen LogP contribution in [0, 0.1) is 11.8 Å². The third kappa shape index (κ3) is 8.84. The zero-order valence-corrected chi connectivity index (χ0v) is 29.3. The maximum Gasteiger partial charge on any atom is 0.461 e. The van der Waals surface area contributed by atoms with Crippen LogP contribution < -0.4 is 10.6 Å². The van der Waals surface area contributed by atoms with Gasteiger partial charge < -0.3 is 25.0 Å². The molecule has 0 radical (unpaired) electrons. The van der Waals surface area contributed by atoms with Gasteiger partial charge in [0.2, 0.25) is 5.76 Å². The van der Waals surface area contributed by atoms with E-state index in [-0.39, 0.29) is 34.9 Å². The van der Waals surface area contributed by atoms with Crippen molar-refractivity contribution in [2.24, 2.45) is 11.8 Å². The van der Waals surface area contributed by atoms with Crippen molar-refractivity contribution in [3.8, 4) is 0 Å². The first-order chi connectivity index (χ1) is 24.3. The number of carbonyl (C=O) groups excluding carboxylic acids is 5. The molecule has 1 unspecified atom stereocenters. The topological polar surface area (TPSA) is 134 Å². The number of esters is 1. The molecule has 52 heavy (non-hydrogen) atoms. The number of nitrogens with one attached hydrogen (secondary N) is 2. The van der Waals surface area contributed by atoms with Gasteiger partial charge in [0.25, 0.3) is 23.6 Å². The van der Waals surface area contributed by atoms with Gasteiger partial charge in [-0.25, -0.2) is 4.90 Å². The predicted octanol–water partition coefficient (Wildman–Crippen LogP) is 4.61. The van der Waals surface area contributed by atoms with Crippen molar-refractivity contribution in [2.45, 2.75) is 71.8 Å². The Balaban J connectivity index is 1.77.